The highest BCUT2D eigenvalue weighted by atomic mass is 19.1. The molecule has 0 aliphatic carbocycles. The first kappa shape index (κ1) is 20.5. The molecule has 0 bridgehead atoms. The largest absolute Gasteiger partial charge is 0.372 e. The summed E-state index contributed by atoms with van der Waals surface area (Å²) in [6.45, 7) is 1.92. The number of carbonyl (C=O) groups is 2. The maximum atomic E-state index is 13.5. The van der Waals surface area contributed by atoms with Gasteiger partial charge in [-0.3, -0.25) is 9.59 Å². The molecular formula is C23H24F2N2O3. The third-order valence-electron chi connectivity index (χ3n) is 5.87. The van der Waals surface area contributed by atoms with Crippen molar-refractivity contribution in [2.75, 3.05) is 26.2 Å². The monoisotopic (exact) mass is 414 g/mol. The quantitative estimate of drug-likeness (QED) is 0.774. The number of amides is 2. The summed E-state index contributed by atoms with van der Waals surface area (Å²) in [6, 6.07) is 12.4. The number of ether oxygens (including phenoxy) is 1. The predicted molar refractivity (Wildman–Crippen MR) is 107 cm³/mol. The SMILES string of the molecule is O=C1CC2(CCN(C(=O)c3ccccc3)CC2)OCCN1Cc1cc(F)cc(F)c1. The molecule has 2 aromatic rings. The molecule has 0 N–H and O–H groups in total. The van der Waals surface area contributed by atoms with E-state index in [-0.39, 0.29) is 24.8 Å². The molecule has 0 atom stereocenters. The minimum Gasteiger partial charge on any atom is -0.372 e. The number of likely N-dealkylation sites (tertiary alicyclic amines) is 1. The number of hydrogen-bond donors (Lipinski definition) is 0. The van der Waals surface area contributed by atoms with Gasteiger partial charge in [0.25, 0.3) is 5.91 Å². The second-order valence-corrected chi connectivity index (χ2v) is 7.96. The molecule has 0 aromatic heterocycles. The number of benzene rings is 2. The Kier molecular flexibility index (Phi) is 5.81. The molecule has 2 saturated heterocycles. The van der Waals surface area contributed by atoms with Gasteiger partial charge in [0.2, 0.25) is 5.91 Å². The van der Waals surface area contributed by atoms with E-state index in [0.29, 0.717) is 50.2 Å². The van der Waals surface area contributed by atoms with Crippen LogP contribution in [0.1, 0.15) is 35.2 Å². The summed E-state index contributed by atoms with van der Waals surface area (Å²) < 4.78 is 33.0. The van der Waals surface area contributed by atoms with Crippen LogP contribution in [0.25, 0.3) is 0 Å². The Morgan fingerprint density at radius 1 is 1.00 bits per heavy atom. The third-order valence-corrected chi connectivity index (χ3v) is 5.87. The molecule has 2 heterocycles. The van der Waals surface area contributed by atoms with Crippen LogP contribution in [0, 0.1) is 11.6 Å². The molecular weight excluding hydrogens is 390 g/mol. The van der Waals surface area contributed by atoms with Crippen molar-refractivity contribution in [3.05, 3.63) is 71.3 Å². The highest BCUT2D eigenvalue weighted by Crippen LogP contribution is 2.33. The van der Waals surface area contributed by atoms with Crippen LogP contribution in [0.4, 0.5) is 8.78 Å². The fraction of sp³-hybridized carbons (Fsp3) is 0.391. The molecule has 0 radical (unpaired) electrons. The highest BCUT2D eigenvalue weighted by Gasteiger charge is 2.41. The van der Waals surface area contributed by atoms with Crippen LogP contribution in [-0.2, 0) is 16.1 Å². The van der Waals surface area contributed by atoms with Crippen LogP contribution in [0.5, 0.6) is 0 Å². The summed E-state index contributed by atoms with van der Waals surface area (Å²) in [6.07, 6.45) is 1.37. The van der Waals surface area contributed by atoms with Crippen molar-refractivity contribution in [3.63, 3.8) is 0 Å². The van der Waals surface area contributed by atoms with Gasteiger partial charge in [-0.25, -0.2) is 8.78 Å². The normalized spacial score (nSPS) is 19.1. The minimum atomic E-state index is -0.657. The Morgan fingerprint density at radius 3 is 2.33 bits per heavy atom. The fourth-order valence-corrected chi connectivity index (χ4v) is 4.23. The van der Waals surface area contributed by atoms with Gasteiger partial charge >= 0.3 is 0 Å². The van der Waals surface area contributed by atoms with E-state index in [4.69, 9.17) is 4.74 Å². The van der Waals surface area contributed by atoms with E-state index in [1.54, 1.807) is 21.9 Å². The Morgan fingerprint density at radius 2 is 1.67 bits per heavy atom. The van der Waals surface area contributed by atoms with Crippen molar-refractivity contribution >= 4 is 11.8 Å². The first-order valence-corrected chi connectivity index (χ1v) is 10.2. The van der Waals surface area contributed by atoms with E-state index in [1.165, 1.54) is 12.1 Å². The topological polar surface area (TPSA) is 49.9 Å². The van der Waals surface area contributed by atoms with Crippen molar-refractivity contribution in [1.82, 2.24) is 9.80 Å². The van der Waals surface area contributed by atoms with Gasteiger partial charge in [-0.05, 0) is 42.7 Å². The summed E-state index contributed by atoms with van der Waals surface area (Å²) >= 11 is 0. The standard InChI is InChI=1S/C23H24F2N2O3/c24-19-12-17(13-20(25)14-19)16-27-10-11-30-23(15-21(27)28)6-8-26(9-7-23)22(29)18-4-2-1-3-5-18/h1-5,12-14H,6-11,15-16H2. The van der Waals surface area contributed by atoms with E-state index >= 15 is 0 Å². The zero-order valence-electron chi connectivity index (χ0n) is 16.7. The first-order valence-electron chi connectivity index (χ1n) is 10.2. The fourth-order valence-electron chi connectivity index (χ4n) is 4.23. The van der Waals surface area contributed by atoms with Gasteiger partial charge < -0.3 is 14.5 Å². The lowest BCUT2D eigenvalue weighted by Gasteiger charge is -2.40. The number of nitrogens with zero attached hydrogens (tertiary/aromatic N) is 2. The highest BCUT2D eigenvalue weighted by molar-refractivity contribution is 5.94. The van der Waals surface area contributed by atoms with Crippen LogP contribution in [0.15, 0.2) is 48.5 Å². The predicted octanol–water partition coefficient (Wildman–Crippen LogP) is 3.39. The summed E-state index contributed by atoms with van der Waals surface area (Å²) in [5, 5.41) is 0. The summed E-state index contributed by atoms with van der Waals surface area (Å²) in [5.41, 5.74) is 0.479. The maximum Gasteiger partial charge on any atom is 0.253 e. The number of rotatable bonds is 3. The Bertz CT molecular complexity index is 907. The van der Waals surface area contributed by atoms with Crippen molar-refractivity contribution in [3.8, 4) is 0 Å². The van der Waals surface area contributed by atoms with Gasteiger partial charge in [-0.2, -0.15) is 0 Å². The minimum absolute atomic E-state index is 0.0137. The lowest BCUT2D eigenvalue weighted by molar-refractivity contribution is -0.135. The van der Waals surface area contributed by atoms with Gasteiger partial charge in [0.1, 0.15) is 11.6 Å². The molecule has 2 fully saturated rings. The summed E-state index contributed by atoms with van der Waals surface area (Å²) in [7, 11) is 0. The third kappa shape index (κ3) is 4.51. The molecule has 2 aromatic carbocycles. The number of halogens is 2. The number of piperidine rings is 1. The van der Waals surface area contributed by atoms with Crippen LogP contribution in [-0.4, -0.2) is 53.5 Å². The van der Waals surface area contributed by atoms with E-state index in [1.807, 2.05) is 18.2 Å². The molecule has 2 aliphatic heterocycles. The summed E-state index contributed by atoms with van der Waals surface area (Å²) in [5.74, 6) is -1.42. The average Bonchev–Trinajstić information content (AvgIpc) is 2.87. The van der Waals surface area contributed by atoms with Crippen molar-refractivity contribution in [1.29, 1.82) is 0 Å². The molecule has 30 heavy (non-hydrogen) atoms. The Hall–Kier alpha value is -2.80. The molecule has 1 spiro atoms. The maximum absolute atomic E-state index is 13.5. The summed E-state index contributed by atoms with van der Waals surface area (Å²) in [4.78, 5) is 28.9. The Labute approximate surface area is 174 Å². The van der Waals surface area contributed by atoms with Gasteiger partial charge in [0, 0.05) is 37.8 Å². The molecule has 4 rings (SSSR count). The molecule has 2 aliphatic rings. The molecule has 5 nitrogen and oxygen atoms in total. The zero-order chi connectivity index (χ0) is 21.1. The lowest BCUT2D eigenvalue weighted by atomic mass is 9.87. The second-order valence-electron chi connectivity index (χ2n) is 7.96. The molecule has 2 amide bonds. The lowest BCUT2D eigenvalue weighted by Crippen LogP contribution is -2.49. The first-order chi connectivity index (χ1) is 14.4. The van der Waals surface area contributed by atoms with Crippen molar-refractivity contribution < 1.29 is 23.1 Å². The smallest absolute Gasteiger partial charge is 0.253 e. The van der Waals surface area contributed by atoms with Crippen LogP contribution in [0.3, 0.4) is 0 Å². The van der Waals surface area contributed by atoms with E-state index in [2.05, 4.69) is 0 Å². The molecule has 7 heteroatoms. The van der Waals surface area contributed by atoms with E-state index < -0.39 is 17.2 Å². The second kappa shape index (κ2) is 8.52. The number of hydrogen-bond acceptors (Lipinski definition) is 3. The van der Waals surface area contributed by atoms with Crippen LogP contribution >= 0.6 is 0 Å². The Balaban J connectivity index is 1.39. The number of carbonyl (C=O) groups excluding carboxylic acids is 2. The van der Waals surface area contributed by atoms with Gasteiger partial charge in [-0.1, -0.05) is 18.2 Å². The average molecular weight is 414 g/mol. The van der Waals surface area contributed by atoms with Crippen molar-refractivity contribution in [2.45, 2.75) is 31.4 Å². The van der Waals surface area contributed by atoms with Gasteiger partial charge in [-0.15, -0.1) is 0 Å². The van der Waals surface area contributed by atoms with Crippen molar-refractivity contribution in [2.24, 2.45) is 0 Å². The van der Waals surface area contributed by atoms with Gasteiger partial charge in [0.15, 0.2) is 0 Å². The molecule has 0 saturated carbocycles. The van der Waals surface area contributed by atoms with Crippen LogP contribution < -0.4 is 0 Å². The van der Waals surface area contributed by atoms with E-state index in [0.717, 1.165) is 6.07 Å². The molecule has 0 unspecified atom stereocenters. The molecule has 158 valence electrons. The van der Waals surface area contributed by atoms with E-state index in [9.17, 15) is 18.4 Å². The zero-order valence-corrected chi connectivity index (χ0v) is 16.7. The van der Waals surface area contributed by atoms with Gasteiger partial charge in [0.05, 0.1) is 18.6 Å². The van der Waals surface area contributed by atoms with Crippen LogP contribution in [0.2, 0.25) is 0 Å².